The van der Waals surface area contributed by atoms with Gasteiger partial charge in [0.2, 0.25) is 0 Å². The number of carbonyl (C=O) groups excluding carboxylic acids is 1. The van der Waals surface area contributed by atoms with E-state index in [1.54, 1.807) is 0 Å². The summed E-state index contributed by atoms with van der Waals surface area (Å²) >= 11 is 0. The summed E-state index contributed by atoms with van der Waals surface area (Å²) in [6.07, 6.45) is 0.359. The van der Waals surface area contributed by atoms with Gasteiger partial charge in [0.05, 0.1) is 23.7 Å². The lowest BCUT2D eigenvalue weighted by molar-refractivity contribution is -0.239. The highest BCUT2D eigenvalue weighted by atomic mass is 16.6. The number of hydrogen-bond acceptors (Lipinski definition) is 5. The lowest BCUT2D eigenvalue weighted by atomic mass is 9.50. The van der Waals surface area contributed by atoms with E-state index in [9.17, 15) is 15.0 Å². The summed E-state index contributed by atoms with van der Waals surface area (Å²) in [6, 6.07) is 0. The molecule has 7 atom stereocenters. The molecule has 3 aliphatic rings. The molecule has 3 rings (SSSR count). The van der Waals surface area contributed by atoms with Crippen molar-refractivity contribution >= 4 is 5.97 Å². The molecule has 0 aromatic rings. The Morgan fingerprint density at radius 3 is 2.71 bits per heavy atom. The van der Waals surface area contributed by atoms with Crippen molar-refractivity contribution in [3.05, 3.63) is 12.2 Å². The Labute approximate surface area is 144 Å². The maximum Gasteiger partial charge on any atom is 0.334 e. The molecule has 1 aliphatic heterocycles. The van der Waals surface area contributed by atoms with Gasteiger partial charge in [-0.1, -0.05) is 27.4 Å². The maximum absolute atomic E-state index is 12.1. The van der Waals surface area contributed by atoms with Crippen molar-refractivity contribution in [1.82, 2.24) is 0 Å². The molecular formula is C19H30O5. The minimum Gasteiger partial charge on any atom is -0.458 e. The lowest BCUT2D eigenvalue weighted by Crippen LogP contribution is -2.65. The van der Waals surface area contributed by atoms with E-state index in [4.69, 9.17) is 9.47 Å². The van der Waals surface area contributed by atoms with Gasteiger partial charge >= 0.3 is 5.97 Å². The van der Waals surface area contributed by atoms with Crippen molar-refractivity contribution in [2.45, 2.75) is 70.9 Å². The molecule has 0 radical (unpaired) electrons. The molecule has 5 nitrogen and oxygen atoms in total. The highest BCUT2D eigenvalue weighted by molar-refractivity contribution is 5.91. The molecule has 0 amide bonds. The molecule has 0 bridgehead atoms. The zero-order valence-corrected chi connectivity index (χ0v) is 15.1. The summed E-state index contributed by atoms with van der Waals surface area (Å²) in [6.45, 7) is 12.4. The lowest BCUT2D eigenvalue weighted by Gasteiger charge is -2.59. The van der Waals surface area contributed by atoms with Crippen LogP contribution < -0.4 is 0 Å². The maximum atomic E-state index is 12.1. The molecule has 0 spiro atoms. The molecule has 2 N–H and O–H groups in total. The third kappa shape index (κ3) is 2.61. The van der Waals surface area contributed by atoms with Crippen LogP contribution in [0.1, 0.15) is 47.0 Å². The normalized spacial score (nSPS) is 48.2. The van der Waals surface area contributed by atoms with Crippen LogP contribution in [0.15, 0.2) is 12.2 Å². The number of ether oxygens (including phenoxy) is 2. The van der Waals surface area contributed by atoms with E-state index >= 15 is 0 Å². The highest BCUT2D eigenvalue weighted by Gasteiger charge is 2.65. The molecule has 5 heteroatoms. The van der Waals surface area contributed by atoms with Gasteiger partial charge in [-0.15, -0.1) is 0 Å². The number of esters is 1. The monoisotopic (exact) mass is 338 g/mol. The molecule has 0 aromatic carbocycles. The summed E-state index contributed by atoms with van der Waals surface area (Å²) < 4.78 is 11.8. The van der Waals surface area contributed by atoms with Gasteiger partial charge in [-0.05, 0) is 32.1 Å². The van der Waals surface area contributed by atoms with Gasteiger partial charge in [-0.3, -0.25) is 0 Å². The van der Waals surface area contributed by atoms with Gasteiger partial charge in [0.25, 0.3) is 0 Å². The first-order chi connectivity index (χ1) is 11.1. The van der Waals surface area contributed by atoms with Crippen LogP contribution in [-0.2, 0) is 14.3 Å². The van der Waals surface area contributed by atoms with Crippen LogP contribution in [0.25, 0.3) is 0 Å². The van der Waals surface area contributed by atoms with E-state index in [0.717, 1.165) is 0 Å². The predicted octanol–water partition coefficient (Wildman–Crippen LogP) is 2.06. The number of rotatable bonds is 3. The fraction of sp³-hybridized carbons (Fsp3) is 0.842. The fourth-order valence-electron chi connectivity index (χ4n) is 5.19. The van der Waals surface area contributed by atoms with E-state index in [0.29, 0.717) is 37.4 Å². The number of aliphatic hydroxyl groups is 2. The average Bonchev–Trinajstić information content (AvgIpc) is 2.74. The first-order valence-corrected chi connectivity index (χ1v) is 8.99. The minimum atomic E-state index is -0.952. The van der Waals surface area contributed by atoms with Crippen LogP contribution in [0, 0.1) is 23.2 Å². The molecule has 24 heavy (non-hydrogen) atoms. The first kappa shape index (κ1) is 17.9. The largest absolute Gasteiger partial charge is 0.458 e. The second-order valence-electron chi connectivity index (χ2n) is 8.79. The summed E-state index contributed by atoms with van der Waals surface area (Å²) in [7, 11) is 0. The summed E-state index contributed by atoms with van der Waals surface area (Å²) in [5.41, 5.74) is -1.06. The molecule has 136 valence electrons. The fourth-order valence-corrected chi connectivity index (χ4v) is 5.19. The Morgan fingerprint density at radius 2 is 2.08 bits per heavy atom. The SMILES string of the molecule is C=C1C(=O)O[C@H]2C[C@@]3(C)[C@H](O)CC[C@@](C)(O)[C@@H]3[C@@H](OCC(C)C)[C@H]12. The smallest absolute Gasteiger partial charge is 0.334 e. The zero-order valence-electron chi connectivity index (χ0n) is 15.1. The summed E-state index contributed by atoms with van der Waals surface area (Å²) in [5.74, 6) is -0.549. The van der Waals surface area contributed by atoms with Crippen LogP contribution in [0.5, 0.6) is 0 Å². The Bertz CT molecular complexity index is 540. The zero-order chi connectivity index (χ0) is 17.9. The van der Waals surface area contributed by atoms with Crippen molar-refractivity contribution in [3.63, 3.8) is 0 Å². The van der Waals surface area contributed by atoms with Gasteiger partial charge in [-0.2, -0.15) is 0 Å². The molecule has 1 saturated heterocycles. The van der Waals surface area contributed by atoms with E-state index in [-0.39, 0.29) is 30.0 Å². The van der Waals surface area contributed by atoms with Crippen molar-refractivity contribution < 1.29 is 24.5 Å². The highest BCUT2D eigenvalue weighted by Crippen LogP contribution is 2.59. The van der Waals surface area contributed by atoms with Gasteiger partial charge in [-0.25, -0.2) is 4.79 Å². The Morgan fingerprint density at radius 1 is 1.42 bits per heavy atom. The van der Waals surface area contributed by atoms with Gasteiger partial charge in [0.15, 0.2) is 0 Å². The van der Waals surface area contributed by atoms with Crippen molar-refractivity contribution in [2.75, 3.05) is 6.61 Å². The average molecular weight is 338 g/mol. The van der Waals surface area contributed by atoms with Crippen LogP contribution in [0.3, 0.4) is 0 Å². The Balaban J connectivity index is 2.03. The molecule has 1 heterocycles. The van der Waals surface area contributed by atoms with Gasteiger partial charge < -0.3 is 19.7 Å². The van der Waals surface area contributed by atoms with E-state index in [2.05, 4.69) is 20.4 Å². The summed E-state index contributed by atoms with van der Waals surface area (Å²) in [4.78, 5) is 12.1. The molecule has 2 aliphatic carbocycles. The third-order valence-corrected chi connectivity index (χ3v) is 6.33. The predicted molar refractivity (Wildman–Crippen MR) is 89.2 cm³/mol. The van der Waals surface area contributed by atoms with E-state index in [1.807, 2.05) is 13.8 Å². The molecule has 3 fully saturated rings. The summed E-state index contributed by atoms with van der Waals surface area (Å²) in [5, 5.41) is 21.8. The van der Waals surface area contributed by atoms with Crippen LogP contribution in [0.4, 0.5) is 0 Å². The van der Waals surface area contributed by atoms with Crippen molar-refractivity contribution in [3.8, 4) is 0 Å². The van der Waals surface area contributed by atoms with Gasteiger partial charge in [0.1, 0.15) is 6.10 Å². The number of aliphatic hydroxyl groups excluding tert-OH is 1. The van der Waals surface area contributed by atoms with Crippen LogP contribution in [0.2, 0.25) is 0 Å². The minimum absolute atomic E-state index is 0.244. The number of carbonyl (C=O) groups is 1. The molecule has 0 unspecified atom stereocenters. The molecular weight excluding hydrogens is 308 g/mol. The number of fused-ring (bicyclic) bond motifs is 2. The van der Waals surface area contributed by atoms with Crippen molar-refractivity contribution in [1.29, 1.82) is 0 Å². The topological polar surface area (TPSA) is 76.0 Å². The number of hydrogen-bond donors (Lipinski definition) is 2. The van der Waals surface area contributed by atoms with Crippen LogP contribution in [-0.4, -0.2) is 46.7 Å². The quantitative estimate of drug-likeness (QED) is 0.608. The molecule has 0 aromatic heterocycles. The standard InChI is InChI=1S/C19H30O5/c1-10(2)9-23-15-14-11(3)17(21)24-12(14)8-18(4)13(20)6-7-19(5,22)16(15)18/h10,12-16,20,22H,3,6-9H2,1-2,4-5H3/t12-,13+,14+,15-,16+,18-,19+/m0/s1. The second kappa shape index (κ2) is 5.82. The first-order valence-electron chi connectivity index (χ1n) is 8.99. The van der Waals surface area contributed by atoms with Crippen LogP contribution >= 0.6 is 0 Å². The Hall–Kier alpha value is -0.910. The second-order valence-corrected chi connectivity index (χ2v) is 8.79. The van der Waals surface area contributed by atoms with E-state index < -0.39 is 17.1 Å². The van der Waals surface area contributed by atoms with Crippen molar-refractivity contribution in [2.24, 2.45) is 23.2 Å². The Kier molecular flexibility index (Phi) is 4.34. The van der Waals surface area contributed by atoms with Gasteiger partial charge in [0, 0.05) is 23.5 Å². The van der Waals surface area contributed by atoms with E-state index in [1.165, 1.54) is 0 Å². The molecule has 2 saturated carbocycles. The third-order valence-electron chi connectivity index (χ3n) is 6.33.